The molecule has 4 rings (SSSR count). The van der Waals surface area contributed by atoms with Crippen molar-refractivity contribution in [3.05, 3.63) is 116 Å². The van der Waals surface area contributed by atoms with Gasteiger partial charge in [0, 0.05) is 11.1 Å². The molecule has 282 valence electrons. The smallest absolute Gasteiger partial charge is 0.326 e. The molecule has 0 amide bonds. The third-order valence-corrected chi connectivity index (χ3v) is 15.2. The number of carbonyl (C=O) groups is 1. The molecule has 0 bridgehead atoms. The van der Waals surface area contributed by atoms with Crippen LogP contribution >= 0.6 is 0 Å². The van der Waals surface area contributed by atoms with Gasteiger partial charge in [0.05, 0.1) is 10.9 Å². The van der Waals surface area contributed by atoms with E-state index in [9.17, 15) is 17.8 Å². The summed E-state index contributed by atoms with van der Waals surface area (Å²) in [6, 6.07) is 21.8. The molecule has 0 aromatic heterocycles. The predicted molar refractivity (Wildman–Crippen MR) is 214 cm³/mol. The first-order valence-corrected chi connectivity index (χ1v) is 20.3. The van der Waals surface area contributed by atoms with E-state index in [1.54, 1.807) is 27.7 Å². The standard InChI is InChI=1S/C23H25S.C21H34O6S/c1-16-17(2)19(4)23(20(5)18(16)3)24(21-12-8-6-9-13-21)22-14-10-7-11-15-22;1-12-13(2)15(4)17(16(5)14(12)3)26-20(8,9)21(10,11)27-18(22)19(6,7)28(23,24)25/h6-15H,1-5H3;1-11H3,(H,23,24,25)/q+1;/p-1. The molecule has 52 heavy (non-hydrogen) atoms. The van der Waals surface area contributed by atoms with Crippen LogP contribution in [-0.2, 0) is 30.5 Å². The lowest BCUT2D eigenvalue weighted by Crippen LogP contribution is -2.56. The van der Waals surface area contributed by atoms with Gasteiger partial charge in [-0.2, -0.15) is 0 Å². The molecule has 0 saturated heterocycles. The summed E-state index contributed by atoms with van der Waals surface area (Å²) in [4.78, 5) is 16.7. The second-order valence-corrected chi connectivity index (χ2v) is 19.2. The summed E-state index contributed by atoms with van der Waals surface area (Å²) in [6.45, 7) is 30.3. The molecule has 0 N–H and O–H groups in total. The van der Waals surface area contributed by atoms with E-state index >= 15 is 0 Å². The molecule has 0 atom stereocenters. The van der Waals surface area contributed by atoms with Gasteiger partial charge in [-0.25, -0.2) is 8.42 Å². The number of carbonyl (C=O) groups excluding carboxylic acids is 1. The van der Waals surface area contributed by atoms with Crippen LogP contribution in [0.25, 0.3) is 0 Å². The fourth-order valence-electron chi connectivity index (χ4n) is 5.83. The molecule has 0 fully saturated rings. The lowest BCUT2D eigenvalue weighted by Gasteiger charge is -2.43. The second-order valence-electron chi connectivity index (χ2n) is 15.3. The fourth-order valence-corrected chi connectivity index (χ4v) is 8.60. The molecule has 0 spiro atoms. The van der Waals surface area contributed by atoms with E-state index in [0.717, 1.165) is 36.1 Å². The van der Waals surface area contributed by atoms with Gasteiger partial charge in [-0.15, -0.1) is 0 Å². The fraction of sp³-hybridized carbons (Fsp3) is 0.432. The summed E-state index contributed by atoms with van der Waals surface area (Å²) in [7, 11) is -4.94. The van der Waals surface area contributed by atoms with Gasteiger partial charge in [0.15, 0.2) is 19.4 Å². The van der Waals surface area contributed by atoms with E-state index < -0.39 is 32.0 Å². The molecule has 0 saturated carbocycles. The van der Waals surface area contributed by atoms with Gasteiger partial charge in [0.2, 0.25) is 0 Å². The third-order valence-electron chi connectivity index (χ3n) is 11.3. The van der Waals surface area contributed by atoms with Crippen molar-refractivity contribution < 1.29 is 27.2 Å². The van der Waals surface area contributed by atoms with Crippen molar-refractivity contribution in [1.29, 1.82) is 0 Å². The minimum Gasteiger partial charge on any atom is -0.747 e. The molecular weight excluding hydrogens is 689 g/mol. The molecule has 8 heteroatoms. The van der Waals surface area contributed by atoms with E-state index in [1.165, 1.54) is 48.1 Å². The molecule has 6 nitrogen and oxygen atoms in total. The number of ether oxygens (including phenoxy) is 2. The van der Waals surface area contributed by atoms with Crippen LogP contribution in [0, 0.1) is 69.2 Å². The minimum atomic E-state index is -4.87. The van der Waals surface area contributed by atoms with Crippen molar-refractivity contribution in [2.45, 2.75) is 141 Å². The Morgan fingerprint density at radius 1 is 0.538 bits per heavy atom. The van der Waals surface area contributed by atoms with Gasteiger partial charge in [0.1, 0.15) is 27.1 Å². The largest absolute Gasteiger partial charge is 0.747 e. The zero-order valence-corrected chi connectivity index (χ0v) is 35.7. The number of hydrogen-bond acceptors (Lipinski definition) is 6. The van der Waals surface area contributed by atoms with Crippen LogP contribution < -0.4 is 4.74 Å². The highest BCUT2D eigenvalue weighted by Crippen LogP contribution is 2.40. The maximum absolute atomic E-state index is 12.5. The summed E-state index contributed by atoms with van der Waals surface area (Å²) < 4.78 is 43.9. The van der Waals surface area contributed by atoms with E-state index in [2.05, 4.69) is 102 Å². The Bertz CT molecular complexity index is 1950. The van der Waals surface area contributed by atoms with Crippen LogP contribution in [0.3, 0.4) is 0 Å². The molecule has 0 radical (unpaired) electrons. The first kappa shape index (κ1) is 42.8. The molecule has 0 aliphatic heterocycles. The molecule has 0 heterocycles. The van der Waals surface area contributed by atoms with Gasteiger partial charge >= 0.3 is 5.97 Å². The van der Waals surface area contributed by atoms with E-state index in [0.29, 0.717) is 5.75 Å². The van der Waals surface area contributed by atoms with Gasteiger partial charge < -0.3 is 14.0 Å². The Labute approximate surface area is 316 Å². The maximum atomic E-state index is 12.5. The van der Waals surface area contributed by atoms with Crippen molar-refractivity contribution in [2.24, 2.45) is 0 Å². The molecule has 4 aromatic carbocycles. The zero-order chi connectivity index (χ0) is 39.7. The normalized spacial score (nSPS) is 12.3. The van der Waals surface area contributed by atoms with Gasteiger partial charge in [-0.3, -0.25) is 4.79 Å². The third kappa shape index (κ3) is 8.45. The first-order valence-electron chi connectivity index (χ1n) is 17.7. The van der Waals surface area contributed by atoms with Crippen molar-refractivity contribution >= 4 is 27.0 Å². The minimum absolute atomic E-state index is 0.0666. The Hall–Kier alpha value is -3.59. The van der Waals surface area contributed by atoms with Crippen molar-refractivity contribution in [3.63, 3.8) is 0 Å². The molecule has 0 aliphatic carbocycles. The quantitative estimate of drug-likeness (QED) is 0.0962. The second kappa shape index (κ2) is 15.8. The van der Waals surface area contributed by atoms with Crippen molar-refractivity contribution in [2.75, 3.05) is 0 Å². The zero-order valence-electron chi connectivity index (χ0n) is 34.0. The average molecular weight is 747 g/mol. The Balaban J connectivity index is 0.000000283. The summed E-state index contributed by atoms with van der Waals surface area (Å²) >= 11 is 0. The summed E-state index contributed by atoms with van der Waals surface area (Å²) in [6.07, 6.45) is 0. The van der Waals surface area contributed by atoms with Crippen LogP contribution in [0.2, 0.25) is 0 Å². The molecule has 0 unspecified atom stereocenters. The van der Waals surface area contributed by atoms with Crippen molar-refractivity contribution in [3.8, 4) is 5.75 Å². The highest BCUT2D eigenvalue weighted by molar-refractivity contribution is 7.97. The van der Waals surface area contributed by atoms with Gasteiger partial charge in [-0.1, -0.05) is 36.4 Å². The summed E-state index contributed by atoms with van der Waals surface area (Å²) in [5.74, 6) is -0.390. The topological polar surface area (TPSA) is 92.7 Å². The van der Waals surface area contributed by atoms with E-state index in [1.807, 2.05) is 27.7 Å². The SMILES string of the molecule is Cc1c(C)c(C)c(OC(C)(C)C(C)(C)OC(=O)C(C)(C)S(=O)(=O)[O-])c(C)c1C.Cc1c(C)c(C)c([S+](c2ccccc2)c2ccccc2)c(C)c1C. The van der Waals surface area contributed by atoms with Crippen LogP contribution in [0.1, 0.15) is 97.2 Å². The lowest BCUT2D eigenvalue weighted by atomic mass is 9.87. The lowest BCUT2D eigenvalue weighted by molar-refractivity contribution is -0.178. The van der Waals surface area contributed by atoms with Crippen LogP contribution in [0.4, 0.5) is 0 Å². The number of benzene rings is 4. The molecule has 4 aromatic rings. The Morgan fingerprint density at radius 2 is 0.865 bits per heavy atom. The van der Waals surface area contributed by atoms with Crippen LogP contribution in [0.5, 0.6) is 5.75 Å². The Kier molecular flexibility index (Phi) is 13.0. The van der Waals surface area contributed by atoms with Gasteiger partial charge in [0.25, 0.3) is 0 Å². The average Bonchev–Trinajstić information content (AvgIpc) is 3.08. The van der Waals surface area contributed by atoms with E-state index in [4.69, 9.17) is 9.47 Å². The van der Waals surface area contributed by atoms with Crippen LogP contribution in [0.15, 0.2) is 75.4 Å². The van der Waals surface area contributed by atoms with Gasteiger partial charge in [-0.05, 0) is 180 Å². The van der Waals surface area contributed by atoms with Crippen LogP contribution in [-0.4, -0.2) is 34.9 Å². The van der Waals surface area contributed by atoms with E-state index in [-0.39, 0.29) is 10.9 Å². The monoisotopic (exact) mass is 746 g/mol. The summed E-state index contributed by atoms with van der Waals surface area (Å²) in [5.41, 5.74) is 10.4. The predicted octanol–water partition coefficient (Wildman–Crippen LogP) is 10.4. The Morgan fingerprint density at radius 3 is 1.21 bits per heavy atom. The highest BCUT2D eigenvalue weighted by atomic mass is 32.2. The summed E-state index contributed by atoms with van der Waals surface area (Å²) in [5, 5.41) is 0. The number of esters is 1. The highest BCUT2D eigenvalue weighted by Gasteiger charge is 2.47. The maximum Gasteiger partial charge on any atom is 0.326 e. The first-order chi connectivity index (χ1) is 23.8. The molecular formula is C44H58O6S2. The number of hydrogen-bond donors (Lipinski definition) is 0. The molecule has 0 aliphatic rings. The number of rotatable bonds is 9. The van der Waals surface area contributed by atoms with Crippen molar-refractivity contribution in [1.82, 2.24) is 0 Å².